The Morgan fingerprint density at radius 2 is 1.53 bits per heavy atom. The van der Waals surface area contributed by atoms with E-state index in [0.717, 1.165) is 12.0 Å². The Kier molecular flexibility index (Phi) is 4.57. The van der Waals surface area contributed by atoms with Crippen LogP contribution >= 0.6 is 0 Å². The summed E-state index contributed by atoms with van der Waals surface area (Å²) in [6.45, 7) is 10.6. The first-order chi connectivity index (χ1) is 8.63. The Labute approximate surface area is 117 Å². The Morgan fingerprint density at radius 3 is 1.89 bits per heavy atom. The fourth-order valence-electron chi connectivity index (χ4n) is 1.83. The quantitative estimate of drug-likeness (QED) is 0.749. The molecule has 0 unspecified atom stereocenters. The average molecular weight is 261 g/mol. The first kappa shape index (κ1) is 15.9. The minimum atomic E-state index is -0.470. The van der Waals surface area contributed by atoms with Gasteiger partial charge in [-0.2, -0.15) is 0 Å². The summed E-state index contributed by atoms with van der Waals surface area (Å²) in [5.74, 6) is 0.165. The normalized spacial score (nSPS) is 12.8. The molecule has 0 aliphatic heterocycles. The van der Waals surface area contributed by atoms with Gasteiger partial charge in [0.1, 0.15) is 0 Å². The molecular formula is C17H27NO. The van der Waals surface area contributed by atoms with E-state index in [1.165, 1.54) is 5.56 Å². The molecule has 0 aromatic heterocycles. The highest BCUT2D eigenvalue weighted by atomic mass is 16.1. The predicted molar refractivity (Wildman–Crippen MR) is 81.9 cm³/mol. The maximum absolute atomic E-state index is 12.5. The Bertz CT molecular complexity index is 441. The maximum Gasteiger partial charge on any atom is 0.182 e. The number of hydrogen-bond donors (Lipinski definition) is 0. The third-order valence-corrected chi connectivity index (χ3v) is 4.49. The van der Waals surface area contributed by atoms with Crippen LogP contribution in [-0.2, 0) is 5.41 Å². The third-order valence-electron chi connectivity index (χ3n) is 4.49. The van der Waals surface area contributed by atoms with Crippen molar-refractivity contribution in [3.8, 4) is 0 Å². The van der Waals surface area contributed by atoms with Crippen molar-refractivity contribution in [2.75, 3.05) is 14.1 Å². The molecule has 0 amide bonds. The van der Waals surface area contributed by atoms with Gasteiger partial charge in [-0.15, -0.1) is 0 Å². The highest BCUT2D eigenvalue weighted by molar-refractivity contribution is 6.02. The van der Waals surface area contributed by atoms with Crippen LogP contribution < -0.4 is 0 Å². The van der Waals surface area contributed by atoms with E-state index in [1.54, 1.807) is 0 Å². The van der Waals surface area contributed by atoms with Crippen molar-refractivity contribution in [2.24, 2.45) is 0 Å². The average Bonchev–Trinajstić information content (AvgIpc) is 2.37. The highest BCUT2D eigenvalue weighted by Gasteiger charge is 2.31. The largest absolute Gasteiger partial charge is 0.297 e. The number of Topliss-reactive ketones (excluding diaryl/α,β-unsaturated/α-hetero) is 1. The van der Waals surface area contributed by atoms with Gasteiger partial charge in [0.15, 0.2) is 5.78 Å². The van der Waals surface area contributed by atoms with Crippen LogP contribution in [0.4, 0.5) is 0 Å². The van der Waals surface area contributed by atoms with Crippen molar-refractivity contribution in [2.45, 2.75) is 52.0 Å². The molecule has 0 aliphatic rings. The van der Waals surface area contributed by atoms with E-state index in [1.807, 2.05) is 45.0 Å². The Hall–Kier alpha value is -1.15. The second kappa shape index (κ2) is 5.46. The number of carbonyl (C=O) groups excluding carboxylic acids is 1. The van der Waals surface area contributed by atoms with Crippen molar-refractivity contribution >= 4 is 5.78 Å². The summed E-state index contributed by atoms with van der Waals surface area (Å²) in [5, 5.41) is 0. The van der Waals surface area contributed by atoms with Crippen molar-refractivity contribution in [1.82, 2.24) is 4.90 Å². The van der Waals surface area contributed by atoms with Gasteiger partial charge >= 0.3 is 0 Å². The lowest BCUT2D eigenvalue weighted by Crippen LogP contribution is -2.45. The summed E-state index contributed by atoms with van der Waals surface area (Å²) in [4.78, 5) is 14.5. The zero-order chi connectivity index (χ0) is 14.8. The van der Waals surface area contributed by atoms with E-state index < -0.39 is 5.54 Å². The van der Waals surface area contributed by atoms with Crippen LogP contribution in [-0.4, -0.2) is 30.3 Å². The van der Waals surface area contributed by atoms with E-state index in [-0.39, 0.29) is 11.2 Å². The van der Waals surface area contributed by atoms with Gasteiger partial charge in [-0.3, -0.25) is 9.69 Å². The van der Waals surface area contributed by atoms with Crippen LogP contribution in [0.5, 0.6) is 0 Å². The summed E-state index contributed by atoms with van der Waals surface area (Å²) in [5.41, 5.74) is 1.77. The molecule has 1 aromatic rings. The smallest absolute Gasteiger partial charge is 0.182 e. The van der Waals surface area contributed by atoms with Crippen LogP contribution in [0.2, 0.25) is 0 Å². The zero-order valence-electron chi connectivity index (χ0n) is 13.4. The molecule has 19 heavy (non-hydrogen) atoms. The van der Waals surface area contributed by atoms with E-state index >= 15 is 0 Å². The number of ketones is 1. The van der Waals surface area contributed by atoms with Gasteiger partial charge in [0.2, 0.25) is 0 Å². The lowest BCUT2D eigenvalue weighted by atomic mass is 9.81. The molecule has 2 heteroatoms. The molecule has 1 aromatic carbocycles. The molecule has 0 radical (unpaired) electrons. The van der Waals surface area contributed by atoms with Crippen LogP contribution in [0.3, 0.4) is 0 Å². The van der Waals surface area contributed by atoms with Crippen molar-refractivity contribution < 1.29 is 4.79 Å². The summed E-state index contributed by atoms with van der Waals surface area (Å²) in [7, 11) is 3.87. The second-order valence-corrected chi connectivity index (χ2v) is 6.60. The van der Waals surface area contributed by atoms with E-state index in [4.69, 9.17) is 0 Å². The van der Waals surface area contributed by atoms with E-state index in [2.05, 4.69) is 32.9 Å². The lowest BCUT2D eigenvalue weighted by molar-refractivity contribution is 0.0755. The molecule has 1 rings (SSSR count). The maximum atomic E-state index is 12.5. The van der Waals surface area contributed by atoms with Crippen molar-refractivity contribution in [3.05, 3.63) is 35.4 Å². The summed E-state index contributed by atoms with van der Waals surface area (Å²) >= 11 is 0. The fourth-order valence-corrected chi connectivity index (χ4v) is 1.83. The Balaban J connectivity index is 3.04. The third kappa shape index (κ3) is 3.24. The molecule has 0 fully saturated rings. The topological polar surface area (TPSA) is 20.3 Å². The molecule has 0 bridgehead atoms. The van der Waals surface area contributed by atoms with Crippen LogP contribution in [0.15, 0.2) is 24.3 Å². The van der Waals surface area contributed by atoms with E-state index in [9.17, 15) is 4.79 Å². The monoisotopic (exact) mass is 261 g/mol. The summed E-state index contributed by atoms with van der Waals surface area (Å²) < 4.78 is 0. The number of likely N-dealkylation sites (N-methyl/N-ethyl adjacent to an activating group) is 1. The van der Waals surface area contributed by atoms with Crippen LogP contribution in [0.1, 0.15) is 57.0 Å². The molecule has 0 saturated carbocycles. The van der Waals surface area contributed by atoms with Crippen LogP contribution in [0.25, 0.3) is 0 Å². The standard InChI is InChI=1S/C17H27NO/c1-8-16(2,3)14-11-9-13(10-12-14)15(19)17(4,5)18(6)7/h9-12H,8H2,1-7H3. The number of hydrogen-bond acceptors (Lipinski definition) is 2. The molecule has 2 nitrogen and oxygen atoms in total. The zero-order valence-corrected chi connectivity index (χ0v) is 13.4. The minimum absolute atomic E-state index is 0.165. The van der Waals surface area contributed by atoms with Gasteiger partial charge in [0.05, 0.1) is 5.54 Å². The SMILES string of the molecule is CCC(C)(C)c1ccc(C(=O)C(C)(C)N(C)C)cc1. The molecular weight excluding hydrogens is 234 g/mol. The number of nitrogens with zero attached hydrogens (tertiary/aromatic N) is 1. The molecule has 0 atom stereocenters. The van der Waals surface area contributed by atoms with Gasteiger partial charge in [0, 0.05) is 5.56 Å². The molecule has 0 N–H and O–H groups in total. The predicted octanol–water partition coefficient (Wildman–Crippen LogP) is 3.90. The summed E-state index contributed by atoms with van der Waals surface area (Å²) in [6.07, 6.45) is 1.09. The van der Waals surface area contributed by atoms with Crippen molar-refractivity contribution in [1.29, 1.82) is 0 Å². The number of carbonyl (C=O) groups is 1. The van der Waals surface area contributed by atoms with Crippen LogP contribution in [0, 0.1) is 0 Å². The molecule has 0 heterocycles. The summed E-state index contributed by atoms with van der Waals surface area (Å²) in [6, 6.07) is 8.09. The van der Waals surface area contributed by atoms with Gasteiger partial charge in [-0.25, -0.2) is 0 Å². The number of rotatable bonds is 5. The first-order valence-electron chi connectivity index (χ1n) is 6.95. The molecule has 0 aliphatic carbocycles. The van der Waals surface area contributed by atoms with Gasteiger partial charge in [-0.1, -0.05) is 45.0 Å². The highest BCUT2D eigenvalue weighted by Crippen LogP contribution is 2.27. The number of benzene rings is 1. The fraction of sp³-hybridized carbons (Fsp3) is 0.588. The minimum Gasteiger partial charge on any atom is -0.297 e. The molecule has 106 valence electrons. The molecule has 0 saturated heterocycles. The van der Waals surface area contributed by atoms with Gasteiger partial charge < -0.3 is 0 Å². The van der Waals surface area contributed by atoms with E-state index in [0.29, 0.717) is 0 Å². The Morgan fingerprint density at radius 1 is 1.05 bits per heavy atom. The van der Waals surface area contributed by atoms with Gasteiger partial charge in [-0.05, 0) is 45.3 Å². The first-order valence-corrected chi connectivity index (χ1v) is 6.95. The molecule has 0 spiro atoms. The van der Waals surface area contributed by atoms with Gasteiger partial charge in [0.25, 0.3) is 0 Å². The van der Waals surface area contributed by atoms with Crippen molar-refractivity contribution in [3.63, 3.8) is 0 Å². The lowest BCUT2D eigenvalue weighted by Gasteiger charge is -2.31. The second-order valence-electron chi connectivity index (χ2n) is 6.60.